The molecule has 0 N–H and O–H groups in total. The zero-order chi connectivity index (χ0) is 24.7. The molecule has 4 aromatic heterocycles. The number of piperazine rings is 1. The fourth-order valence-corrected chi connectivity index (χ4v) is 5.30. The molecule has 0 aromatic carbocycles. The zero-order valence-corrected chi connectivity index (χ0v) is 20.7. The van der Waals surface area contributed by atoms with Crippen LogP contribution in [0.5, 0.6) is 0 Å². The summed E-state index contributed by atoms with van der Waals surface area (Å²) < 4.78 is 4.97. The lowest BCUT2D eigenvalue weighted by Crippen LogP contribution is -2.59. The molecule has 1 fully saturated rings. The minimum atomic E-state index is -0.309. The molecule has 5 heterocycles. The molecule has 0 aliphatic carbocycles. The van der Waals surface area contributed by atoms with Gasteiger partial charge in [-0.05, 0) is 43.5 Å². The van der Waals surface area contributed by atoms with Gasteiger partial charge in [0.15, 0.2) is 11.3 Å². The predicted octanol–water partition coefficient (Wildman–Crippen LogP) is 2.74. The van der Waals surface area contributed by atoms with E-state index in [2.05, 4.69) is 64.0 Å². The number of aromatic nitrogens is 6. The summed E-state index contributed by atoms with van der Waals surface area (Å²) in [5, 5.41) is 18.1. The van der Waals surface area contributed by atoms with Crippen LogP contribution in [0.25, 0.3) is 16.6 Å². The monoisotopic (exact) mass is 473 g/mol. The molecule has 1 saturated heterocycles. The fraction of sp³-hybridized carbons (Fsp3) is 0.480. The molecule has 182 valence electrons. The van der Waals surface area contributed by atoms with Crippen molar-refractivity contribution in [2.45, 2.75) is 58.3 Å². The van der Waals surface area contributed by atoms with Crippen molar-refractivity contribution in [3.8, 4) is 6.07 Å². The van der Waals surface area contributed by atoms with Crippen LogP contribution in [0, 0.1) is 11.3 Å². The van der Waals surface area contributed by atoms with Crippen LogP contribution in [-0.2, 0) is 13.6 Å². The molecule has 35 heavy (non-hydrogen) atoms. The Labute approximate surface area is 204 Å². The van der Waals surface area contributed by atoms with Crippen molar-refractivity contribution in [1.29, 1.82) is 5.26 Å². The summed E-state index contributed by atoms with van der Waals surface area (Å²) in [6, 6.07) is 9.23. The first-order valence-corrected chi connectivity index (χ1v) is 12.2. The van der Waals surface area contributed by atoms with Crippen LogP contribution in [0.15, 0.2) is 41.6 Å². The lowest BCUT2D eigenvalue weighted by molar-refractivity contribution is 0.101. The van der Waals surface area contributed by atoms with Gasteiger partial charge < -0.3 is 4.90 Å². The van der Waals surface area contributed by atoms with E-state index in [1.807, 2.05) is 23.0 Å². The van der Waals surface area contributed by atoms with Crippen molar-refractivity contribution in [3.63, 3.8) is 0 Å². The number of hydrogen-bond donors (Lipinski definition) is 0. The molecule has 10 heteroatoms. The molecule has 3 atom stereocenters. The van der Waals surface area contributed by atoms with E-state index < -0.39 is 0 Å². The average molecular weight is 474 g/mol. The third-order valence-electron chi connectivity index (χ3n) is 7.39. The molecular formula is C25H31N9O. The van der Waals surface area contributed by atoms with Gasteiger partial charge in [0.25, 0.3) is 0 Å². The highest BCUT2D eigenvalue weighted by atomic mass is 16.1. The predicted molar refractivity (Wildman–Crippen MR) is 134 cm³/mol. The van der Waals surface area contributed by atoms with Crippen molar-refractivity contribution < 1.29 is 0 Å². The van der Waals surface area contributed by atoms with Crippen molar-refractivity contribution >= 4 is 22.4 Å². The number of pyridine rings is 1. The first-order chi connectivity index (χ1) is 16.9. The minimum Gasteiger partial charge on any atom is -0.349 e. The van der Waals surface area contributed by atoms with Gasteiger partial charge in [0.1, 0.15) is 6.54 Å². The number of rotatable bonds is 6. The Balaban J connectivity index is 1.51. The van der Waals surface area contributed by atoms with Crippen LogP contribution in [0.1, 0.15) is 45.2 Å². The highest BCUT2D eigenvalue weighted by Crippen LogP contribution is 2.33. The Morgan fingerprint density at radius 3 is 2.74 bits per heavy atom. The fourth-order valence-electron chi connectivity index (χ4n) is 5.30. The van der Waals surface area contributed by atoms with Crippen molar-refractivity contribution in [3.05, 3.63) is 52.8 Å². The standard InChI is InChI=1S/C25H31N9O/c1-5-19-15-33(24-23-22(30(4)25(35)28-24)16-31(29-23)12-9-26)20(6-2)14-32(19)17(3)18-8-11-34-21(13-18)7-10-27-34/h7-8,10-11,13,16-17,19-20H,5-6,12,14-15H2,1-4H3/t17?,19-,20+/m1/s1. The quantitative estimate of drug-likeness (QED) is 0.424. The van der Waals surface area contributed by atoms with E-state index in [4.69, 9.17) is 5.26 Å². The number of nitriles is 1. The van der Waals surface area contributed by atoms with Gasteiger partial charge in [-0.15, -0.1) is 0 Å². The highest BCUT2D eigenvalue weighted by molar-refractivity contribution is 5.85. The van der Waals surface area contributed by atoms with Gasteiger partial charge in [0.05, 0.1) is 23.3 Å². The first kappa shape index (κ1) is 23.1. The molecule has 0 amide bonds. The Morgan fingerprint density at radius 2 is 2.00 bits per heavy atom. The zero-order valence-electron chi connectivity index (χ0n) is 20.7. The largest absolute Gasteiger partial charge is 0.349 e. The summed E-state index contributed by atoms with van der Waals surface area (Å²) in [7, 11) is 1.70. The molecule has 0 spiro atoms. The molecule has 0 saturated carbocycles. The molecule has 1 aliphatic heterocycles. The van der Waals surface area contributed by atoms with Crippen LogP contribution < -0.4 is 10.6 Å². The topological polar surface area (TPSA) is 100 Å². The van der Waals surface area contributed by atoms with E-state index in [0.717, 1.165) is 31.4 Å². The maximum Gasteiger partial charge on any atom is 0.349 e. The van der Waals surface area contributed by atoms with E-state index >= 15 is 0 Å². The minimum absolute atomic E-state index is 0.129. The lowest BCUT2D eigenvalue weighted by atomic mass is 9.97. The smallest absolute Gasteiger partial charge is 0.349 e. The van der Waals surface area contributed by atoms with E-state index in [0.29, 0.717) is 16.9 Å². The van der Waals surface area contributed by atoms with Crippen LogP contribution in [-0.4, -0.2) is 59.0 Å². The third-order valence-corrected chi connectivity index (χ3v) is 7.39. The Hall–Kier alpha value is -3.71. The average Bonchev–Trinajstić information content (AvgIpc) is 3.52. The van der Waals surface area contributed by atoms with Gasteiger partial charge in [-0.3, -0.25) is 14.1 Å². The molecule has 0 radical (unpaired) electrons. The summed E-state index contributed by atoms with van der Waals surface area (Å²) in [5.41, 5.74) is 3.42. The SMILES string of the molecule is CC[C@H]1CN(C(C)c2ccn3nccc3c2)[C@H](CC)CN1c1nc(=O)n(C)c2cn(CC#N)nc12. The van der Waals surface area contributed by atoms with Crippen molar-refractivity contribution in [1.82, 2.24) is 33.8 Å². The maximum absolute atomic E-state index is 12.8. The number of hydrogen-bond acceptors (Lipinski definition) is 7. The van der Waals surface area contributed by atoms with Crippen LogP contribution >= 0.6 is 0 Å². The number of aryl methyl sites for hydroxylation is 1. The van der Waals surface area contributed by atoms with E-state index in [1.54, 1.807) is 17.9 Å². The normalized spacial score (nSPS) is 19.9. The highest BCUT2D eigenvalue weighted by Gasteiger charge is 2.37. The second-order valence-electron chi connectivity index (χ2n) is 9.31. The molecule has 5 rings (SSSR count). The second kappa shape index (κ2) is 9.15. The van der Waals surface area contributed by atoms with Gasteiger partial charge in [0, 0.05) is 50.7 Å². The van der Waals surface area contributed by atoms with Crippen LogP contribution in [0.3, 0.4) is 0 Å². The molecule has 1 unspecified atom stereocenters. The summed E-state index contributed by atoms with van der Waals surface area (Å²) in [6.07, 6.45) is 7.49. The van der Waals surface area contributed by atoms with Gasteiger partial charge in [0.2, 0.25) is 0 Å². The molecule has 1 aliphatic rings. The van der Waals surface area contributed by atoms with Crippen molar-refractivity contribution in [2.75, 3.05) is 18.0 Å². The lowest BCUT2D eigenvalue weighted by Gasteiger charge is -2.49. The summed E-state index contributed by atoms with van der Waals surface area (Å²) in [4.78, 5) is 22.1. The Kier molecular flexibility index (Phi) is 6.03. The van der Waals surface area contributed by atoms with E-state index in [9.17, 15) is 4.79 Å². The summed E-state index contributed by atoms with van der Waals surface area (Å²) in [6.45, 7) is 8.41. The van der Waals surface area contributed by atoms with Crippen molar-refractivity contribution in [2.24, 2.45) is 7.05 Å². The molecule has 4 aromatic rings. The summed E-state index contributed by atoms with van der Waals surface area (Å²) >= 11 is 0. The van der Waals surface area contributed by atoms with Gasteiger partial charge >= 0.3 is 5.69 Å². The molecule has 0 bridgehead atoms. The van der Waals surface area contributed by atoms with E-state index in [1.165, 1.54) is 10.1 Å². The summed E-state index contributed by atoms with van der Waals surface area (Å²) in [5.74, 6) is 0.623. The number of nitrogens with zero attached hydrogens (tertiary/aromatic N) is 9. The molecular weight excluding hydrogens is 442 g/mol. The van der Waals surface area contributed by atoms with E-state index in [-0.39, 0.29) is 30.4 Å². The second-order valence-corrected chi connectivity index (χ2v) is 9.31. The van der Waals surface area contributed by atoms with Crippen LogP contribution in [0.2, 0.25) is 0 Å². The number of anilines is 1. The Bertz CT molecular complexity index is 1460. The van der Waals surface area contributed by atoms with Gasteiger partial charge in [-0.25, -0.2) is 9.31 Å². The number of fused-ring (bicyclic) bond motifs is 2. The van der Waals surface area contributed by atoms with Gasteiger partial charge in [-0.1, -0.05) is 13.8 Å². The maximum atomic E-state index is 12.8. The van der Waals surface area contributed by atoms with Gasteiger partial charge in [-0.2, -0.15) is 20.4 Å². The third kappa shape index (κ3) is 3.96. The molecule has 10 nitrogen and oxygen atoms in total. The first-order valence-electron chi connectivity index (χ1n) is 12.2. The Morgan fingerprint density at radius 1 is 1.20 bits per heavy atom. The van der Waals surface area contributed by atoms with Crippen LogP contribution in [0.4, 0.5) is 5.82 Å².